The molecule has 0 atom stereocenters. The number of aryl methyl sites for hydroxylation is 1. The van der Waals surface area contributed by atoms with E-state index in [0.29, 0.717) is 12.4 Å². The van der Waals surface area contributed by atoms with Gasteiger partial charge in [0.05, 0.1) is 12.1 Å². The molecule has 7 heteroatoms. The first-order valence-corrected chi connectivity index (χ1v) is 10.3. The van der Waals surface area contributed by atoms with Gasteiger partial charge >= 0.3 is 12.0 Å². The van der Waals surface area contributed by atoms with Crippen molar-refractivity contribution in [1.82, 2.24) is 10.2 Å². The molecule has 166 valence electrons. The summed E-state index contributed by atoms with van der Waals surface area (Å²) in [6.45, 7) is 2.48. The van der Waals surface area contributed by atoms with Gasteiger partial charge in [0.15, 0.2) is 0 Å². The van der Waals surface area contributed by atoms with Crippen molar-refractivity contribution < 1.29 is 24.2 Å². The molecule has 0 unspecified atom stereocenters. The summed E-state index contributed by atoms with van der Waals surface area (Å²) in [5.74, 6) is -0.713. The highest BCUT2D eigenvalue weighted by atomic mass is 16.5. The number of carboxylic acid groups (broad SMARTS) is 1. The van der Waals surface area contributed by atoms with Gasteiger partial charge in [-0.25, -0.2) is 9.59 Å². The Morgan fingerprint density at radius 1 is 0.939 bits per heavy atom. The number of hydrogen-bond acceptors (Lipinski definition) is 4. The number of amides is 3. The molecule has 4 rings (SSSR count). The SMILES string of the molecule is Cc1ccc(CN2C(=O)N/C(=C/c3ccc(OCc4ccc(C(=O)O)cc4)cc3)C2=O)cc1. The summed E-state index contributed by atoms with van der Waals surface area (Å²) < 4.78 is 5.73. The number of ether oxygens (including phenoxy) is 1. The van der Waals surface area contributed by atoms with E-state index in [0.717, 1.165) is 22.3 Å². The Balaban J connectivity index is 1.37. The number of benzene rings is 3. The molecule has 1 fully saturated rings. The van der Waals surface area contributed by atoms with Gasteiger partial charge in [-0.15, -0.1) is 0 Å². The van der Waals surface area contributed by atoms with Crippen LogP contribution in [0.25, 0.3) is 6.08 Å². The number of carbonyl (C=O) groups excluding carboxylic acids is 2. The van der Waals surface area contributed by atoms with Gasteiger partial charge in [-0.1, -0.05) is 54.1 Å². The third kappa shape index (κ3) is 5.27. The summed E-state index contributed by atoms with van der Waals surface area (Å²) in [5.41, 5.74) is 4.03. The molecule has 0 spiro atoms. The molecule has 1 aliphatic heterocycles. The molecular weight excluding hydrogens is 420 g/mol. The van der Waals surface area contributed by atoms with Crippen LogP contribution >= 0.6 is 0 Å². The Labute approximate surface area is 190 Å². The molecule has 0 bridgehead atoms. The summed E-state index contributed by atoms with van der Waals surface area (Å²) in [4.78, 5) is 37.1. The first-order valence-electron chi connectivity index (χ1n) is 10.3. The number of aromatic carboxylic acids is 1. The Bertz CT molecular complexity index is 1210. The van der Waals surface area contributed by atoms with Crippen molar-refractivity contribution >= 4 is 24.0 Å². The highest BCUT2D eigenvalue weighted by molar-refractivity contribution is 6.13. The average Bonchev–Trinajstić information content (AvgIpc) is 3.07. The monoisotopic (exact) mass is 442 g/mol. The van der Waals surface area contributed by atoms with Crippen LogP contribution in [0.3, 0.4) is 0 Å². The average molecular weight is 442 g/mol. The van der Waals surface area contributed by atoms with E-state index in [-0.39, 0.29) is 23.7 Å². The minimum atomic E-state index is -0.970. The Hall–Kier alpha value is -4.39. The Morgan fingerprint density at radius 2 is 1.58 bits per heavy atom. The maximum Gasteiger partial charge on any atom is 0.335 e. The van der Waals surface area contributed by atoms with Crippen LogP contribution in [-0.4, -0.2) is 27.9 Å². The molecule has 1 saturated heterocycles. The van der Waals surface area contributed by atoms with Gasteiger partial charge < -0.3 is 15.2 Å². The molecule has 1 aliphatic rings. The standard InChI is InChI=1S/C26H22N2O5/c1-17-2-4-19(5-3-17)15-28-24(29)23(27-26(28)32)14-18-8-12-22(13-9-18)33-16-20-6-10-21(11-7-20)25(30)31/h2-14H,15-16H2,1H3,(H,27,32)(H,30,31)/b23-14+. The molecule has 0 radical (unpaired) electrons. The fourth-order valence-electron chi connectivity index (χ4n) is 3.33. The molecule has 0 aliphatic carbocycles. The van der Waals surface area contributed by atoms with E-state index in [4.69, 9.17) is 9.84 Å². The lowest BCUT2D eigenvalue weighted by atomic mass is 10.1. The predicted molar refractivity (Wildman–Crippen MR) is 122 cm³/mol. The van der Waals surface area contributed by atoms with Gasteiger partial charge in [0, 0.05) is 0 Å². The summed E-state index contributed by atoms with van der Waals surface area (Å²) in [5, 5.41) is 11.6. The Kier molecular flexibility index (Phi) is 6.22. The van der Waals surface area contributed by atoms with E-state index in [1.807, 2.05) is 31.2 Å². The number of urea groups is 1. The fraction of sp³-hybridized carbons (Fsp3) is 0.115. The van der Waals surface area contributed by atoms with E-state index in [1.165, 1.54) is 17.0 Å². The van der Waals surface area contributed by atoms with Crippen LogP contribution in [-0.2, 0) is 17.9 Å². The van der Waals surface area contributed by atoms with Crippen molar-refractivity contribution in [3.63, 3.8) is 0 Å². The van der Waals surface area contributed by atoms with Gasteiger partial charge in [0.2, 0.25) is 0 Å². The number of nitrogens with zero attached hydrogens (tertiary/aromatic N) is 1. The van der Waals surface area contributed by atoms with Gasteiger partial charge in [0.25, 0.3) is 5.91 Å². The van der Waals surface area contributed by atoms with Crippen molar-refractivity contribution in [3.8, 4) is 5.75 Å². The van der Waals surface area contributed by atoms with Crippen molar-refractivity contribution in [2.24, 2.45) is 0 Å². The molecule has 3 aromatic rings. The van der Waals surface area contributed by atoms with Gasteiger partial charge in [0.1, 0.15) is 18.1 Å². The van der Waals surface area contributed by atoms with Crippen molar-refractivity contribution in [3.05, 3.63) is 106 Å². The minimum Gasteiger partial charge on any atom is -0.489 e. The van der Waals surface area contributed by atoms with E-state index in [1.54, 1.807) is 42.5 Å². The lowest BCUT2D eigenvalue weighted by Crippen LogP contribution is -2.30. The second-order valence-corrected chi connectivity index (χ2v) is 7.72. The molecule has 7 nitrogen and oxygen atoms in total. The number of rotatable bonds is 7. The summed E-state index contributed by atoms with van der Waals surface area (Å²) >= 11 is 0. The van der Waals surface area contributed by atoms with E-state index in [2.05, 4.69) is 5.32 Å². The molecule has 2 N–H and O–H groups in total. The molecule has 3 amide bonds. The van der Waals surface area contributed by atoms with Crippen molar-refractivity contribution in [2.75, 3.05) is 0 Å². The Morgan fingerprint density at radius 3 is 2.21 bits per heavy atom. The number of hydrogen-bond donors (Lipinski definition) is 2. The topological polar surface area (TPSA) is 95.9 Å². The predicted octanol–water partition coefficient (Wildman–Crippen LogP) is 4.37. The van der Waals surface area contributed by atoms with Gasteiger partial charge in [-0.2, -0.15) is 0 Å². The summed E-state index contributed by atoms with van der Waals surface area (Å²) in [6, 6.07) is 20.8. The van der Waals surface area contributed by atoms with Crippen LogP contribution in [0.4, 0.5) is 4.79 Å². The third-order valence-electron chi connectivity index (χ3n) is 5.22. The van der Waals surface area contributed by atoms with Crippen LogP contribution < -0.4 is 10.1 Å². The zero-order valence-electron chi connectivity index (χ0n) is 17.9. The van der Waals surface area contributed by atoms with Crippen molar-refractivity contribution in [1.29, 1.82) is 0 Å². The summed E-state index contributed by atoms with van der Waals surface area (Å²) in [7, 11) is 0. The van der Waals surface area contributed by atoms with E-state index >= 15 is 0 Å². The number of carboxylic acids is 1. The van der Waals surface area contributed by atoms with Crippen LogP contribution in [0, 0.1) is 6.92 Å². The maximum atomic E-state index is 12.7. The highest BCUT2D eigenvalue weighted by Crippen LogP contribution is 2.20. The molecule has 1 heterocycles. The van der Waals surface area contributed by atoms with Crippen LogP contribution in [0.5, 0.6) is 5.75 Å². The van der Waals surface area contributed by atoms with Crippen LogP contribution in [0.1, 0.15) is 32.6 Å². The first-order chi connectivity index (χ1) is 15.9. The quantitative estimate of drug-likeness (QED) is 0.419. The number of nitrogens with one attached hydrogen (secondary N) is 1. The molecular formula is C26H22N2O5. The smallest absolute Gasteiger partial charge is 0.335 e. The lowest BCUT2D eigenvalue weighted by Gasteiger charge is -2.11. The van der Waals surface area contributed by atoms with Crippen LogP contribution in [0.2, 0.25) is 0 Å². The lowest BCUT2D eigenvalue weighted by molar-refractivity contribution is -0.123. The minimum absolute atomic E-state index is 0.211. The van der Waals surface area contributed by atoms with Crippen LogP contribution in [0.15, 0.2) is 78.5 Å². The second-order valence-electron chi connectivity index (χ2n) is 7.72. The first kappa shape index (κ1) is 21.8. The number of carbonyl (C=O) groups is 3. The van der Waals surface area contributed by atoms with E-state index < -0.39 is 12.0 Å². The normalized spacial score (nSPS) is 14.5. The highest BCUT2D eigenvalue weighted by Gasteiger charge is 2.33. The maximum absolute atomic E-state index is 12.7. The molecule has 0 saturated carbocycles. The molecule has 33 heavy (non-hydrogen) atoms. The zero-order valence-corrected chi connectivity index (χ0v) is 17.9. The van der Waals surface area contributed by atoms with Gasteiger partial charge in [-0.3, -0.25) is 9.69 Å². The second kappa shape index (κ2) is 9.40. The fourth-order valence-corrected chi connectivity index (χ4v) is 3.33. The van der Waals surface area contributed by atoms with Gasteiger partial charge in [-0.05, 0) is 54.0 Å². The third-order valence-corrected chi connectivity index (χ3v) is 5.22. The van der Waals surface area contributed by atoms with E-state index in [9.17, 15) is 14.4 Å². The largest absolute Gasteiger partial charge is 0.489 e. The zero-order chi connectivity index (χ0) is 23.4. The molecule has 3 aromatic carbocycles. The number of imide groups is 1. The van der Waals surface area contributed by atoms with Crippen molar-refractivity contribution in [2.45, 2.75) is 20.1 Å². The molecule has 0 aromatic heterocycles. The summed E-state index contributed by atoms with van der Waals surface area (Å²) in [6.07, 6.45) is 1.63.